The van der Waals surface area contributed by atoms with Crippen molar-refractivity contribution in [1.82, 2.24) is 15.5 Å². The van der Waals surface area contributed by atoms with Gasteiger partial charge >= 0.3 is 0 Å². The van der Waals surface area contributed by atoms with Crippen LogP contribution in [0.4, 0.5) is 0 Å². The average molecular weight is 478 g/mol. The Morgan fingerprint density at radius 1 is 0.971 bits per heavy atom. The minimum absolute atomic E-state index is 0.107. The topological polar surface area (TPSA) is 70.7 Å². The molecule has 0 saturated carbocycles. The number of aryl methyl sites for hydroxylation is 1. The number of rotatable bonds is 2. The molecule has 0 radical (unpaired) electrons. The fraction of sp³-hybridized carbons (Fsp3) is 0.517. The van der Waals surface area contributed by atoms with E-state index in [0.717, 1.165) is 58.2 Å². The van der Waals surface area contributed by atoms with Crippen molar-refractivity contribution in [3.8, 4) is 5.75 Å². The second kappa shape index (κ2) is 11.7. The summed E-state index contributed by atoms with van der Waals surface area (Å²) >= 11 is 0. The number of carbonyl (C=O) groups is 2. The number of hydrogen-bond acceptors (Lipinski definition) is 4. The van der Waals surface area contributed by atoms with Gasteiger partial charge in [0.15, 0.2) is 0 Å². The van der Waals surface area contributed by atoms with Crippen molar-refractivity contribution in [3.05, 3.63) is 65.2 Å². The maximum Gasteiger partial charge on any atom is 0.255 e. The molecule has 1 atom stereocenters. The van der Waals surface area contributed by atoms with Crippen LogP contribution in [0.15, 0.2) is 48.5 Å². The van der Waals surface area contributed by atoms with E-state index in [1.807, 2.05) is 25.1 Å². The molecule has 1 saturated heterocycles. The first-order valence-corrected chi connectivity index (χ1v) is 13.0. The highest BCUT2D eigenvalue weighted by Crippen LogP contribution is 2.38. The Morgan fingerprint density at radius 2 is 1.71 bits per heavy atom. The van der Waals surface area contributed by atoms with Crippen LogP contribution in [0.3, 0.4) is 0 Å². The maximum atomic E-state index is 13.6. The van der Waals surface area contributed by atoms with E-state index in [9.17, 15) is 9.59 Å². The summed E-state index contributed by atoms with van der Waals surface area (Å²) in [5.41, 5.74) is 2.81. The molecule has 6 nitrogen and oxygen atoms in total. The summed E-state index contributed by atoms with van der Waals surface area (Å²) in [6.45, 7) is 7.82. The number of amides is 2. The molecule has 2 aromatic rings. The van der Waals surface area contributed by atoms with Crippen LogP contribution in [0.2, 0.25) is 0 Å². The van der Waals surface area contributed by atoms with Crippen LogP contribution < -0.4 is 15.4 Å². The first kappa shape index (κ1) is 25.2. The largest absolute Gasteiger partial charge is 0.491 e. The van der Waals surface area contributed by atoms with Gasteiger partial charge < -0.3 is 15.4 Å². The van der Waals surface area contributed by atoms with E-state index in [1.165, 1.54) is 11.1 Å². The highest BCUT2D eigenvalue weighted by atomic mass is 16.5. The Hall–Kier alpha value is -2.86. The number of ether oxygens (including phenoxy) is 1. The molecule has 2 aromatic carbocycles. The first-order valence-electron chi connectivity index (χ1n) is 13.0. The minimum Gasteiger partial charge on any atom is -0.491 e. The fourth-order valence-electron chi connectivity index (χ4n) is 5.16. The summed E-state index contributed by atoms with van der Waals surface area (Å²) in [5.74, 6) is 0.602. The van der Waals surface area contributed by atoms with Crippen LogP contribution in [-0.2, 0) is 11.3 Å². The molecule has 0 unspecified atom stereocenters. The molecule has 0 aliphatic carbocycles. The van der Waals surface area contributed by atoms with E-state index in [0.29, 0.717) is 24.5 Å². The van der Waals surface area contributed by atoms with Gasteiger partial charge in [0.1, 0.15) is 12.4 Å². The lowest BCUT2D eigenvalue weighted by Crippen LogP contribution is -2.51. The Balaban J connectivity index is 1.42. The van der Waals surface area contributed by atoms with E-state index in [1.54, 1.807) is 6.07 Å². The van der Waals surface area contributed by atoms with Crippen LogP contribution in [0.1, 0.15) is 66.9 Å². The summed E-state index contributed by atoms with van der Waals surface area (Å²) in [6.07, 6.45) is 5.52. The van der Waals surface area contributed by atoms with Gasteiger partial charge in [-0.1, -0.05) is 54.8 Å². The quantitative estimate of drug-likeness (QED) is 0.670. The molecule has 0 aromatic heterocycles. The zero-order valence-corrected chi connectivity index (χ0v) is 21.1. The molecule has 2 N–H and O–H groups in total. The Morgan fingerprint density at radius 3 is 2.49 bits per heavy atom. The van der Waals surface area contributed by atoms with E-state index in [4.69, 9.17) is 4.74 Å². The smallest absolute Gasteiger partial charge is 0.255 e. The van der Waals surface area contributed by atoms with Crippen molar-refractivity contribution in [2.45, 2.75) is 65.0 Å². The standard InChI is InChI=1S/C29H39N3O3/c1-22-10-12-24(13-11-22)20-32-18-15-29(16-19-32)14-6-3-7-17-30-27(33)25-8-4-5-9-26(25)35-21-23(2)31-28(29)34/h4-5,8-13,23H,3,6-7,14-21H2,1-2H3,(H,30,33)(H,31,34)/t23-/m0/s1. The van der Waals surface area contributed by atoms with Crippen LogP contribution in [0, 0.1) is 12.3 Å². The first-order chi connectivity index (χ1) is 16.9. The van der Waals surface area contributed by atoms with Crippen molar-refractivity contribution >= 4 is 11.8 Å². The number of likely N-dealkylation sites (tertiary alicyclic amines) is 1. The number of hydrogen-bond donors (Lipinski definition) is 2. The molecule has 1 spiro atoms. The number of nitrogens with one attached hydrogen (secondary N) is 2. The third kappa shape index (κ3) is 6.63. The number of fused-ring (bicyclic) bond motifs is 1. The summed E-state index contributed by atoms with van der Waals surface area (Å²) in [7, 11) is 0. The van der Waals surface area contributed by atoms with Crippen LogP contribution in [0.25, 0.3) is 0 Å². The highest BCUT2D eigenvalue weighted by molar-refractivity contribution is 5.96. The van der Waals surface area contributed by atoms with Gasteiger partial charge in [-0.25, -0.2) is 0 Å². The summed E-state index contributed by atoms with van der Waals surface area (Å²) in [4.78, 5) is 28.7. The van der Waals surface area contributed by atoms with E-state index in [2.05, 4.69) is 46.7 Å². The van der Waals surface area contributed by atoms with Gasteiger partial charge in [-0.15, -0.1) is 0 Å². The second-order valence-electron chi connectivity index (χ2n) is 10.3. The van der Waals surface area contributed by atoms with E-state index in [-0.39, 0.29) is 23.3 Å². The number of benzene rings is 2. The number of carbonyl (C=O) groups excluding carboxylic acids is 2. The molecule has 2 aliphatic rings. The monoisotopic (exact) mass is 477 g/mol. The van der Waals surface area contributed by atoms with Crippen molar-refractivity contribution in [2.75, 3.05) is 26.2 Å². The molecule has 0 bridgehead atoms. The molecule has 35 heavy (non-hydrogen) atoms. The Labute approximate surface area is 209 Å². The number of nitrogens with zero attached hydrogens (tertiary/aromatic N) is 1. The minimum atomic E-state index is -0.334. The SMILES string of the molecule is Cc1ccc(CN2CCC3(CCCCCNC(=O)c4ccccc4OC[C@H](C)NC3=O)CC2)cc1. The second-order valence-corrected chi connectivity index (χ2v) is 10.3. The summed E-state index contributed by atoms with van der Waals surface area (Å²) < 4.78 is 5.98. The van der Waals surface area contributed by atoms with Gasteiger partial charge in [-0.2, -0.15) is 0 Å². The Kier molecular flexibility index (Phi) is 8.45. The van der Waals surface area contributed by atoms with Gasteiger partial charge in [-0.05, 0) is 70.3 Å². The van der Waals surface area contributed by atoms with E-state index >= 15 is 0 Å². The van der Waals surface area contributed by atoms with Crippen molar-refractivity contribution in [3.63, 3.8) is 0 Å². The van der Waals surface area contributed by atoms with Gasteiger partial charge in [-0.3, -0.25) is 14.5 Å². The lowest BCUT2D eigenvalue weighted by atomic mass is 9.73. The van der Waals surface area contributed by atoms with Gasteiger partial charge in [0, 0.05) is 13.1 Å². The molecule has 2 aliphatic heterocycles. The molecule has 4 rings (SSSR count). The van der Waals surface area contributed by atoms with Gasteiger partial charge in [0.2, 0.25) is 5.91 Å². The van der Waals surface area contributed by atoms with Crippen LogP contribution in [0.5, 0.6) is 5.75 Å². The summed E-state index contributed by atoms with van der Waals surface area (Å²) in [5, 5.41) is 6.26. The van der Waals surface area contributed by atoms with Crippen LogP contribution in [-0.4, -0.2) is 49.0 Å². The zero-order chi connectivity index (χ0) is 24.7. The predicted molar refractivity (Wildman–Crippen MR) is 138 cm³/mol. The molecule has 1 fully saturated rings. The lowest BCUT2D eigenvalue weighted by Gasteiger charge is -2.41. The highest BCUT2D eigenvalue weighted by Gasteiger charge is 2.41. The van der Waals surface area contributed by atoms with Crippen molar-refractivity contribution < 1.29 is 14.3 Å². The normalized spacial score (nSPS) is 22.2. The number of para-hydroxylation sites is 1. The molecule has 2 amide bonds. The van der Waals surface area contributed by atoms with Crippen LogP contribution >= 0.6 is 0 Å². The maximum absolute atomic E-state index is 13.6. The predicted octanol–water partition coefficient (Wildman–Crippen LogP) is 4.46. The summed E-state index contributed by atoms with van der Waals surface area (Å²) in [6, 6.07) is 15.9. The van der Waals surface area contributed by atoms with Crippen molar-refractivity contribution in [2.24, 2.45) is 5.41 Å². The Bertz CT molecular complexity index is 996. The molecule has 188 valence electrons. The lowest BCUT2D eigenvalue weighted by molar-refractivity contribution is -0.135. The van der Waals surface area contributed by atoms with E-state index < -0.39 is 0 Å². The van der Waals surface area contributed by atoms with Gasteiger partial charge in [0.05, 0.1) is 17.0 Å². The third-order valence-corrected chi connectivity index (χ3v) is 7.44. The third-order valence-electron chi connectivity index (χ3n) is 7.44. The zero-order valence-electron chi connectivity index (χ0n) is 21.1. The average Bonchev–Trinajstić information content (AvgIpc) is 2.87. The fourth-order valence-corrected chi connectivity index (χ4v) is 5.16. The molecule has 2 heterocycles. The van der Waals surface area contributed by atoms with Gasteiger partial charge in [0.25, 0.3) is 5.91 Å². The molecule has 6 heteroatoms. The van der Waals surface area contributed by atoms with Crippen molar-refractivity contribution in [1.29, 1.82) is 0 Å². The number of piperidine rings is 1. The molecular weight excluding hydrogens is 438 g/mol. The molecular formula is C29H39N3O3.